The lowest BCUT2D eigenvalue weighted by Gasteiger charge is -2.44. The summed E-state index contributed by atoms with van der Waals surface area (Å²) in [5.74, 6) is 0. The minimum atomic E-state index is -0.279. The summed E-state index contributed by atoms with van der Waals surface area (Å²) in [4.78, 5) is 0. The first-order chi connectivity index (χ1) is 8.08. The van der Waals surface area contributed by atoms with Crippen molar-refractivity contribution >= 4 is 0 Å². The first-order valence-electron chi connectivity index (χ1n) is 6.67. The second-order valence-electron chi connectivity index (χ2n) is 5.62. The molecule has 1 aliphatic carbocycles. The van der Waals surface area contributed by atoms with Crippen LogP contribution >= 0.6 is 0 Å². The van der Waals surface area contributed by atoms with Crippen LogP contribution in [0.25, 0.3) is 0 Å². The number of rotatable bonds is 5. The lowest BCUT2D eigenvalue weighted by atomic mass is 9.74. The molecule has 17 heavy (non-hydrogen) atoms. The van der Waals surface area contributed by atoms with E-state index in [1.54, 1.807) is 0 Å². The van der Waals surface area contributed by atoms with E-state index in [0.717, 1.165) is 6.54 Å². The van der Waals surface area contributed by atoms with Crippen LogP contribution in [-0.2, 0) is 5.54 Å². The Labute approximate surface area is 105 Å². The van der Waals surface area contributed by atoms with Crippen molar-refractivity contribution < 1.29 is 0 Å². The lowest BCUT2D eigenvalue weighted by molar-refractivity contribution is 0.165. The van der Waals surface area contributed by atoms with E-state index in [1.165, 1.54) is 31.2 Å². The van der Waals surface area contributed by atoms with E-state index in [4.69, 9.17) is 5.73 Å². The Balaban J connectivity index is 1.98. The van der Waals surface area contributed by atoms with Crippen LogP contribution in [0.1, 0.15) is 45.1 Å². The van der Waals surface area contributed by atoms with Crippen LogP contribution in [0.2, 0.25) is 0 Å². The second kappa shape index (κ2) is 4.79. The van der Waals surface area contributed by atoms with Crippen molar-refractivity contribution in [3.63, 3.8) is 0 Å². The summed E-state index contributed by atoms with van der Waals surface area (Å²) >= 11 is 0. The van der Waals surface area contributed by atoms with Crippen LogP contribution in [-0.4, -0.2) is 12.1 Å². The SMILES string of the molecule is CCC1(NCC(C)(N)c2ccccc2)CCC1. The fourth-order valence-corrected chi connectivity index (χ4v) is 2.55. The molecule has 0 radical (unpaired) electrons. The Bertz CT molecular complexity index is 347. The zero-order valence-corrected chi connectivity index (χ0v) is 11.0. The van der Waals surface area contributed by atoms with Gasteiger partial charge in [0.2, 0.25) is 0 Å². The Hall–Kier alpha value is -0.860. The number of nitrogens with two attached hydrogens (primary N) is 1. The quantitative estimate of drug-likeness (QED) is 0.819. The Morgan fingerprint density at radius 1 is 1.29 bits per heavy atom. The van der Waals surface area contributed by atoms with Gasteiger partial charge in [0.25, 0.3) is 0 Å². The van der Waals surface area contributed by atoms with Gasteiger partial charge >= 0.3 is 0 Å². The predicted octanol–water partition coefficient (Wildman–Crippen LogP) is 2.78. The molecule has 0 spiro atoms. The molecule has 0 saturated heterocycles. The number of benzene rings is 1. The minimum Gasteiger partial charge on any atom is -0.321 e. The third-order valence-corrected chi connectivity index (χ3v) is 4.25. The summed E-state index contributed by atoms with van der Waals surface area (Å²) < 4.78 is 0. The van der Waals surface area contributed by atoms with Gasteiger partial charge in [0.15, 0.2) is 0 Å². The minimum absolute atomic E-state index is 0.279. The van der Waals surface area contributed by atoms with Gasteiger partial charge in [0.05, 0.1) is 5.54 Å². The number of nitrogens with one attached hydrogen (secondary N) is 1. The van der Waals surface area contributed by atoms with Crippen molar-refractivity contribution in [1.82, 2.24) is 5.32 Å². The highest BCUT2D eigenvalue weighted by Gasteiger charge is 2.36. The lowest BCUT2D eigenvalue weighted by Crippen LogP contribution is -2.56. The molecule has 0 amide bonds. The first kappa shape index (κ1) is 12.6. The van der Waals surface area contributed by atoms with Crippen LogP contribution in [0.3, 0.4) is 0 Å². The zero-order chi connectivity index (χ0) is 12.4. The number of hydrogen-bond donors (Lipinski definition) is 2. The summed E-state index contributed by atoms with van der Waals surface area (Å²) in [7, 11) is 0. The van der Waals surface area contributed by atoms with Crippen molar-refractivity contribution in [3.05, 3.63) is 35.9 Å². The third-order valence-electron chi connectivity index (χ3n) is 4.25. The van der Waals surface area contributed by atoms with Crippen molar-refractivity contribution in [2.75, 3.05) is 6.54 Å². The molecule has 1 atom stereocenters. The van der Waals surface area contributed by atoms with Gasteiger partial charge in [-0.05, 0) is 38.2 Å². The van der Waals surface area contributed by atoms with Gasteiger partial charge in [-0.3, -0.25) is 0 Å². The average Bonchev–Trinajstić information content (AvgIpc) is 2.29. The largest absolute Gasteiger partial charge is 0.321 e. The van der Waals surface area contributed by atoms with Gasteiger partial charge in [-0.1, -0.05) is 37.3 Å². The highest BCUT2D eigenvalue weighted by Crippen LogP contribution is 2.35. The molecule has 1 saturated carbocycles. The maximum Gasteiger partial charge on any atom is 0.0507 e. The smallest absolute Gasteiger partial charge is 0.0507 e. The molecule has 0 heterocycles. The highest BCUT2D eigenvalue weighted by molar-refractivity contribution is 5.23. The van der Waals surface area contributed by atoms with Gasteiger partial charge in [0.1, 0.15) is 0 Å². The van der Waals surface area contributed by atoms with E-state index in [9.17, 15) is 0 Å². The molecule has 1 aromatic rings. The molecule has 1 unspecified atom stereocenters. The molecule has 1 aromatic carbocycles. The summed E-state index contributed by atoms with van der Waals surface area (Å²) in [6, 6.07) is 10.4. The third kappa shape index (κ3) is 2.70. The van der Waals surface area contributed by atoms with Crippen LogP contribution in [0.4, 0.5) is 0 Å². The van der Waals surface area contributed by atoms with Crippen molar-refractivity contribution in [3.8, 4) is 0 Å². The van der Waals surface area contributed by atoms with Gasteiger partial charge in [-0.25, -0.2) is 0 Å². The number of hydrogen-bond acceptors (Lipinski definition) is 2. The molecule has 2 rings (SSSR count). The summed E-state index contributed by atoms with van der Waals surface area (Å²) in [6.45, 7) is 5.23. The molecular weight excluding hydrogens is 208 g/mol. The van der Waals surface area contributed by atoms with E-state index >= 15 is 0 Å². The normalized spacial score (nSPS) is 21.6. The predicted molar refractivity (Wildman–Crippen MR) is 72.9 cm³/mol. The van der Waals surface area contributed by atoms with Crippen molar-refractivity contribution in [2.45, 2.75) is 50.6 Å². The van der Waals surface area contributed by atoms with Crippen LogP contribution in [0, 0.1) is 0 Å². The van der Waals surface area contributed by atoms with E-state index < -0.39 is 0 Å². The molecule has 2 heteroatoms. The van der Waals surface area contributed by atoms with Gasteiger partial charge in [-0.2, -0.15) is 0 Å². The Morgan fingerprint density at radius 2 is 1.94 bits per heavy atom. The van der Waals surface area contributed by atoms with Crippen molar-refractivity contribution in [2.24, 2.45) is 5.73 Å². The standard InChI is InChI=1S/C15H24N2/c1-3-15(10-7-11-15)17-12-14(2,16)13-8-5-4-6-9-13/h4-6,8-9,17H,3,7,10-12,16H2,1-2H3. The molecule has 1 aliphatic rings. The molecule has 2 nitrogen and oxygen atoms in total. The van der Waals surface area contributed by atoms with Gasteiger partial charge in [0, 0.05) is 12.1 Å². The molecular formula is C15H24N2. The van der Waals surface area contributed by atoms with E-state index in [-0.39, 0.29) is 5.54 Å². The summed E-state index contributed by atoms with van der Waals surface area (Å²) in [6.07, 6.45) is 5.16. The monoisotopic (exact) mass is 232 g/mol. The van der Waals surface area contributed by atoms with Crippen LogP contribution in [0.5, 0.6) is 0 Å². The molecule has 3 N–H and O–H groups in total. The maximum absolute atomic E-state index is 6.42. The Morgan fingerprint density at radius 3 is 2.41 bits per heavy atom. The molecule has 0 aliphatic heterocycles. The van der Waals surface area contributed by atoms with E-state index in [1.807, 2.05) is 6.07 Å². The fourth-order valence-electron chi connectivity index (χ4n) is 2.55. The van der Waals surface area contributed by atoms with E-state index in [2.05, 4.69) is 43.4 Å². The van der Waals surface area contributed by atoms with Crippen LogP contribution in [0.15, 0.2) is 30.3 Å². The summed E-state index contributed by atoms with van der Waals surface area (Å²) in [5, 5.41) is 3.70. The molecule has 1 fully saturated rings. The van der Waals surface area contributed by atoms with Crippen molar-refractivity contribution in [1.29, 1.82) is 0 Å². The van der Waals surface area contributed by atoms with Gasteiger partial charge < -0.3 is 11.1 Å². The Kier molecular flexibility index (Phi) is 3.55. The van der Waals surface area contributed by atoms with Gasteiger partial charge in [-0.15, -0.1) is 0 Å². The topological polar surface area (TPSA) is 38.0 Å². The second-order valence-corrected chi connectivity index (χ2v) is 5.62. The van der Waals surface area contributed by atoms with Crippen LogP contribution < -0.4 is 11.1 Å². The van der Waals surface area contributed by atoms with E-state index in [0.29, 0.717) is 5.54 Å². The summed E-state index contributed by atoms with van der Waals surface area (Å²) in [5.41, 5.74) is 7.71. The molecule has 0 aromatic heterocycles. The molecule has 0 bridgehead atoms. The first-order valence-corrected chi connectivity index (χ1v) is 6.67. The highest BCUT2D eigenvalue weighted by atomic mass is 15.0. The zero-order valence-electron chi connectivity index (χ0n) is 11.0. The average molecular weight is 232 g/mol. The maximum atomic E-state index is 6.42. The molecule has 94 valence electrons. The fraction of sp³-hybridized carbons (Fsp3) is 0.600.